The Morgan fingerprint density at radius 2 is 1.79 bits per heavy atom. The number of amides is 1. The maximum Gasteiger partial charge on any atom is 0.252 e. The van der Waals surface area contributed by atoms with E-state index in [1.54, 1.807) is 6.20 Å². The maximum atomic E-state index is 12.3. The van der Waals surface area contributed by atoms with Gasteiger partial charge in [0.15, 0.2) is 5.82 Å². The molecule has 1 fully saturated rings. The normalized spacial score (nSPS) is 14.8. The van der Waals surface area contributed by atoms with Crippen LogP contribution in [0.1, 0.15) is 0 Å². The van der Waals surface area contributed by atoms with Gasteiger partial charge in [-0.3, -0.25) is 20.5 Å². The van der Waals surface area contributed by atoms with Gasteiger partial charge in [0.1, 0.15) is 0 Å². The lowest BCUT2D eigenvalue weighted by Crippen LogP contribution is -2.50. The van der Waals surface area contributed by atoms with Crippen molar-refractivity contribution in [1.82, 2.24) is 20.5 Å². The van der Waals surface area contributed by atoms with Crippen LogP contribution in [0.2, 0.25) is 5.02 Å². The van der Waals surface area contributed by atoms with E-state index in [1.807, 2.05) is 48.5 Å². The van der Waals surface area contributed by atoms with Gasteiger partial charge in [0.05, 0.1) is 12.7 Å². The van der Waals surface area contributed by atoms with Crippen molar-refractivity contribution in [2.45, 2.75) is 0 Å². The van der Waals surface area contributed by atoms with Crippen LogP contribution < -0.4 is 15.8 Å². The van der Waals surface area contributed by atoms with Gasteiger partial charge in [0.25, 0.3) is 5.91 Å². The number of piperazine rings is 1. The molecule has 28 heavy (non-hydrogen) atoms. The first-order valence-electron chi connectivity index (χ1n) is 9.17. The van der Waals surface area contributed by atoms with E-state index < -0.39 is 0 Å². The third-order valence-corrected chi connectivity index (χ3v) is 5.07. The van der Waals surface area contributed by atoms with E-state index in [2.05, 4.69) is 30.8 Å². The Morgan fingerprint density at radius 3 is 2.57 bits per heavy atom. The second-order valence-corrected chi connectivity index (χ2v) is 7.13. The molecule has 0 saturated carbocycles. The SMILES string of the molecule is O=C(CN1CCN(c2ccc(Cl)cc2)CC1)NNc1nncc2ccccc12. The summed E-state index contributed by atoms with van der Waals surface area (Å²) in [6.45, 7) is 3.72. The number of anilines is 2. The zero-order chi connectivity index (χ0) is 19.3. The predicted molar refractivity (Wildman–Crippen MR) is 111 cm³/mol. The average molecular weight is 397 g/mol. The molecule has 7 nitrogen and oxygen atoms in total. The summed E-state index contributed by atoms with van der Waals surface area (Å²) in [5.74, 6) is 0.439. The minimum atomic E-state index is -0.102. The highest BCUT2D eigenvalue weighted by molar-refractivity contribution is 6.30. The van der Waals surface area contributed by atoms with Crippen LogP contribution in [-0.2, 0) is 4.79 Å². The number of carbonyl (C=O) groups excluding carboxylic acids is 1. The fraction of sp³-hybridized carbons (Fsp3) is 0.250. The van der Waals surface area contributed by atoms with Crippen LogP contribution in [0.3, 0.4) is 0 Å². The third-order valence-electron chi connectivity index (χ3n) is 4.82. The molecular weight excluding hydrogens is 376 g/mol. The molecule has 0 radical (unpaired) electrons. The third kappa shape index (κ3) is 4.32. The van der Waals surface area contributed by atoms with Crippen molar-refractivity contribution in [3.05, 3.63) is 59.8 Å². The van der Waals surface area contributed by atoms with Crippen molar-refractivity contribution in [3.63, 3.8) is 0 Å². The largest absolute Gasteiger partial charge is 0.369 e. The number of hydrogen-bond acceptors (Lipinski definition) is 6. The van der Waals surface area contributed by atoms with E-state index in [1.165, 1.54) is 0 Å². The maximum absolute atomic E-state index is 12.3. The Balaban J connectivity index is 1.27. The van der Waals surface area contributed by atoms with Crippen molar-refractivity contribution in [3.8, 4) is 0 Å². The summed E-state index contributed by atoms with van der Waals surface area (Å²) in [7, 11) is 0. The summed E-state index contributed by atoms with van der Waals surface area (Å²) in [4.78, 5) is 16.8. The van der Waals surface area contributed by atoms with E-state index in [0.717, 1.165) is 47.7 Å². The number of hydrazine groups is 1. The van der Waals surface area contributed by atoms with Crippen molar-refractivity contribution >= 4 is 39.8 Å². The predicted octanol–water partition coefficient (Wildman–Crippen LogP) is 2.55. The second-order valence-electron chi connectivity index (χ2n) is 6.69. The Morgan fingerprint density at radius 1 is 1.04 bits per heavy atom. The van der Waals surface area contributed by atoms with Crippen LogP contribution in [0.4, 0.5) is 11.5 Å². The molecule has 2 aromatic carbocycles. The van der Waals surface area contributed by atoms with E-state index >= 15 is 0 Å². The standard InChI is InChI=1S/C20H21ClN6O/c21-16-5-7-17(8-6-16)27-11-9-26(10-12-27)14-19(28)23-25-20-18-4-2-1-3-15(18)13-22-24-20/h1-8,13H,9-12,14H2,(H,23,28)(H,24,25). The van der Waals surface area contributed by atoms with Crippen molar-refractivity contribution in [1.29, 1.82) is 0 Å². The summed E-state index contributed by atoms with van der Waals surface area (Å²) < 4.78 is 0. The number of nitrogens with zero attached hydrogens (tertiary/aromatic N) is 4. The van der Waals surface area contributed by atoms with Crippen LogP contribution >= 0.6 is 11.6 Å². The van der Waals surface area contributed by atoms with E-state index in [0.29, 0.717) is 12.4 Å². The lowest BCUT2D eigenvalue weighted by Gasteiger charge is -2.35. The molecule has 1 aliphatic rings. The Labute approximate surface area is 168 Å². The Bertz CT molecular complexity index is 951. The molecule has 1 amide bonds. The lowest BCUT2D eigenvalue weighted by molar-refractivity contribution is -0.121. The number of benzene rings is 2. The first-order valence-corrected chi connectivity index (χ1v) is 9.55. The number of hydrogen-bond donors (Lipinski definition) is 2. The molecule has 3 aromatic rings. The minimum Gasteiger partial charge on any atom is -0.369 e. The second kappa shape index (κ2) is 8.41. The highest BCUT2D eigenvalue weighted by Gasteiger charge is 2.19. The van der Waals surface area contributed by atoms with E-state index in [-0.39, 0.29) is 5.91 Å². The molecule has 0 atom stereocenters. The molecule has 4 rings (SSSR count). The molecule has 2 N–H and O–H groups in total. The monoisotopic (exact) mass is 396 g/mol. The Hall–Kier alpha value is -2.90. The van der Waals surface area contributed by atoms with Gasteiger partial charge >= 0.3 is 0 Å². The van der Waals surface area contributed by atoms with Gasteiger partial charge in [-0.25, -0.2) is 0 Å². The molecule has 8 heteroatoms. The van der Waals surface area contributed by atoms with Gasteiger partial charge in [-0.2, -0.15) is 5.10 Å². The van der Waals surface area contributed by atoms with Gasteiger partial charge in [-0.15, -0.1) is 5.10 Å². The number of fused-ring (bicyclic) bond motifs is 1. The van der Waals surface area contributed by atoms with Crippen LogP contribution in [0.25, 0.3) is 10.8 Å². The molecule has 0 spiro atoms. The zero-order valence-corrected chi connectivity index (χ0v) is 16.1. The number of nitrogens with one attached hydrogen (secondary N) is 2. The molecular formula is C20H21ClN6O. The molecule has 144 valence electrons. The Kier molecular flexibility index (Phi) is 5.55. The fourth-order valence-electron chi connectivity index (χ4n) is 3.31. The number of halogens is 1. The van der Waals surface area contributed by atoms with Gasteiger partial charge in [-0.1, -0.05) is 35.9 Å². The lowest BCUT2D eigenvalue weighted by atomic mass is 10.2. The van der Waals surface area contributed by atoms with Crippen LogP contribution in [-0.4, -0.2) is 53.7 Å². The molecule has 1 aliphatic heterocycles. The summed E-state index contributed by atoms with van der Waals surface area (Å²) in [5.41, 5.74) is 6.78. The van der Waals surface area contributed by atoms with Crippen LogP contribution in [0, 0.1) is 0 Å². The summed E-state index contributed by atoms with van der Waals surface area (Å²) >= 11 is 5.95. The molecule has 0 aliphatic carbocycles. The first-order chi connectivity index (χ1) is 13.7. The number of aromatic nitrogens is 2. The van der Waals surface area contributed by atoms with Crippen molar-refractivity contribution in [2.75, 3.05) is 43.0 Å². The number of rotatable bonds is 5. The van der Waals surface area contributed by atoms with Gasteiger partial charge < -0.3 is 4.90 Å². The van der Waals surface area contributed by atoms with Gasteiger partial charge in [0, 0.05) is 47.7 Å². The molecule has 1 aromatic heterocycles. The van der Waals surface area contributed by atoms with Gasteiger partial charge in [0.2, 0.25) is 0 Å². The van der Waals surface area contributed by atoms with E-state index in [9.17, 15) is 4.79 Å². The average Bonchev–Trinajstić information content (AvgIpc) is 2.73. The minimum absolute atomic E-state index is 0.102. The van der Waals surface area contributed by atoms with Crippen LogP contribution in [0.5, 0.6) is 0 Å². The highest BCUT2D eigenvalue weighted by Crippen LogP contribution is 2.20. The quantitative estimate of drug-likeness (QED) is 0.646. The fourth-order valence-corrected chi connectivity index (χ4v) is 3.43. The summed E-state index contributed by atoms with van der Waals surface area (Å²) in [6, 6.07) is 15.6. The van der Waals surface area contributed by atoms with Gasteiger partial charge in [-0.05, 0) is 24.3 Å². The van der Waals surface area contributed by atoms with Crippen molar-refractivity contribution < 1.29 is 4.79 Å². The summed E-state index contributed by atoms with van der Waals surface area (Å²) in [5, 5.41) is 10.6. The molecule has 0 unspecified atom stereocenters. The van der Waals surface area contributed by atoms with Crippen LogP contribution in [0.15, 0.2) is 54.7 Å². The highest BCUT2D eigenvalue weighted by atomic mass is 35.5. The molecule has 2 heterocycles. The zero-order valence-electron chi connectivity index (χ0n) is 15.3. The molecule has 0 bridgehead atoms. The van der Waals surface area contributed by atoms with Crippen molar-refractivity contribution in [2.24, 2.45) is 0 Å². The topological polar surface area (TPSA) is 73.4 Å². The molecule has 1 saturated heterocycles. The smallest absolute Gasteiger partial charge is 0.252 e. The van der Waals surface area contributed by atoms with E-state index in [4.69, 9.17) is 11.6 Å². The first kappa shape index (κ1) is 18.5. The summed E-state index contributed by atoms with van der Waals surface area (Å²) in [6.07, 6.45) is 1.70. The number of carbonyl (C=O) groups is 1.